The summed E-state index contributed by atoms with van der Waals surface area (Å²) in [5, 5.41) is 7.96. The van der Waals surface area contributed by atoms with Crippen LogP contribution in [0, 0.1) is 5.82 Å². The van der Waals surface area contributed by atoms with E-state index in [2.05, 4.69) is 15.4 Å². The Hall–Kier alpha value is -3.40. The van der Waals surface area contributed by atoms with Gasteiger partial charge in [-0.05, 0) is 36.4 Å². The molecule has 3 aromatic heterocycles. The quantitative estimate of drug-likeness (QED) is 0.494. The van der Waals surface area contributed by atoms with Gasteiger partial charge < -0.3 is 9.73 Å². The molecule has 4 aromatic rings. The van der Waals surface area contributed by atoms with Crippen molar-refractivity contribution in [3.05, 3.63) is 70.8 Å². The molecule has 10 heteroatoms. The second kappa shape index (κ2) is 7.45. The lowest BCUT2D eigenvalue weighted by molar-refractivity contribution is -0.122. The van der Waals surface area contributed by atoms with Crippen molar-refractivity contribution in [1.29, 1.82) is 0 Å². The number of thioether (sulfide) groups is 1. The zero-order valence-electron chi connectivity index (χ0n) is 15.6. The molecule has 8 nitrogen and oxygen atoms in total. The van der Waals surface area contributed by atoms with Crippen LogP contribution < -0.4 is 10.9 Å². The summed E-state index contributed by atoms with van der Waals surface area (Å²) in [6.07, 6.45) is 3.17. The Labute approximate surface area is 173 Å². The SMILES string of the molecule is O=C(C[C@H]1CSc2nc3c(cnn3-c3ccc(F)cc3)c(=O)n21)NCc1ccco1. The number of fused-ring (bicyclic) bond motifs is 2. The number of halogens is 1. The maximum absolute atomic E-state index is 13.2. The van der Waals surface area contributed by atoms with Crippen LogP contribution in [-0.2, 0) is 11.3 Å². The van der Waals surface area contributed by atoms with Crippen LogP contribution in [-0.4, -0.2) is 31.0 Å². The van der Waals surface area contributed by atoms with Gasteiger partial charge in [0.15, 0.2) is 10.8 Å². The molecule has 1 atom stereocenters. The van der Waals surface area contributed by atoms with Gasteiger partial charge in [0.05, 0.1) is 30.7 Å². The zero-order chi connectivity index (χ0) is 20.7. The molecule has 0 aliphatic carbocycles. The van der Waals surface area contributed by atoms with Gasteiger partial charge in [-0.25, -0.2) is 14.1 Å². The number of furan rings is 1. The number of carbonyl (C=O) groups is 1. The van der Waals surface area contributed by atoms with Crippen molar-refractivity contribution >= 4 is 28.7 Å². The molecule has 0 unspecified atom stereocenters. The Morgan fingerprint density at radius 1 is 1.30 bits per heavy atom. The minimum Gasteiger partial charge on any atom is -0.467 e. The van der Waals surface area contributed by atoms with E-state index < -0.39 is 0 Å². The first-order valence-corrected chi connectivity index (χ1v) is 10.3. The van der Waals surface area contributed by atoms with Crippen LogP contribution in [0.25, 0.3) is 16.7 Å². The fourth-order valence-electron chi connectivity index (χ4n) is 3.44. The van der Waals surface area contributed by atoms with Gasteiger partial charge >= 0.3 is 0 Å². The summed E-state index contributed by atoms with van der Waals surface area (Å²) in [5.41, 5.74) is 0.783. The van der Waals surface area contributed by atoms with Gasteiger partial charge in [0.1, 0.15) is 17.0 Å². The third-order valence-electron chi connectivity index (χ3n) is 4.90. The van der Waals surface area contributed by atoms with E-state index in [1.807, 2.05) is 0 Å². The summed E-state index contributed by atoms with van der Waals surface area (Å²) in [4.78, 5) is 30.1. The van der Waals surface area contributed by atoms with Crippen LogP contribution in [0.3, 0.4) is 0 Å². The fourth-order valence-corrected chi connectivity index (χ4v) is 4.57. The van der Waals surface area contributed by atoms with Crippen LogP contribution >= 0.6 is 11.8 Å². The van der Waals surface area contributed by atoms with E-state index in [1.54, 1.807) is 35.1 Å². The number of carbonyl (C=O) groups excluding carboxylic acids is 1. The Bertz CT molecular complexity index is 1280. The lowest BCUT2D eigenvalue weighted by Gasteiger charge is -2.13. The molecule has 0 saturated heterocycles. The number of hydrogen-bond donors (Lipinski definition) is 1. The predicted molar refractivity (Wildman–Crippen MR) is 108 cm³/mol. The van der Waals surface area contributed by atoms with Gasteiger partial charge in [0.25, 0.3) is 5.56 Å². The molecule has 30 heavy (non-hydrogen) atoms. The Balaban J connectivity index is 1.42. The fraction of sp³-hybridized carbons (Fsp3) is 0.200. The third kappa shape index (κ3) is 3.28. The first-order valence-electron chi connectivity index (χ1n) is 9.28. The third-order valence-corrected chi connectivity index (χ3v) is 6.00. The predicted octanol–water partition coefficient (Wildman–Crippen LogP) is 2.67. The van der Waals surface area contributed by atoms with E-state index in [1.165, 1.54) is 34.8 Å². The molecule has 5 rings (SSSR count). The van der Waals surface area contributed by atoms with Gasteiger partial charge in [0, 0.05) is 12.2 Å². The average molecular weight is 425 g/mol. The Kier molecular flexibility index (Phi) is 4.62. The van der Waals surface area contributed by atoms with Gasteiger partial charge in [-0.3, -0.25) is 14.2 Å². The second-order valence-electron chi connectivity index (χ2n) is 6.86. The van der Waals surface area contributed by atoms with Crippen molar-refractivity contribution in [1.82, 2.24) is 24.6 Å². The highest BCUT2D eigenvalue weighted by Gasteiger charge is 2.29. The molecule has 0 fully saturated rings. The van der Waals surface area contributed by atoms with E-state index in [-0.39, 0.29) is 29.7 Å². The maximum Gasteiger partial charge on any atom is 0.265 e. The highest BCUT2D eigenvalue weighted by molar-refractivity contribution is 7.99. The van der Waals surface area contributed by atoms with Gasteiger partial charge in [-0.1, -0.05) is 11.8 Å². The van der Waals surface area contributed by atoms with Crippen LogP contribution in [0.15, 0.2) is 63.2 Å². The van der Waals surface area contributed by atoms with Crippen LogP contribution in [0.1, 0.15) is 18.2 Å². The largest absolute Gasteiger partial charge is 0.467 e. The minimum atomic E-state index is -0.354. The van der Waals surface area contributed by atoms with Crippen molar-refractivity contribution in [2.45, 2.75) is 24.2 Å². The molecule has 1 N–H and O–H groups in total. The monoisotopic (exact) mass is 425 g/mol. The first-order chi connectivity index (χ1) is 14.6. The molecule has 4 heterocycles. The second-order valence-corrected chi connectivity index (χ2v) is 7.85. The molecule has 0 bridgehead atoms. The standard InChI is InChI=1S/C20H16FN5O3S/c21-12-3-5-13(6-4-12)26-18-16(10-23-26)19(28)25-14(11-30-20(25)24-18)8-17(27)22-9-15-2-1-7-29-15/h1-7,10,14H,8-9,11H2,(H,22,27)/t14-/m0/s1. The van der Waals surface area contributed by atoms with Gasteiger partial charge in [0.2, 0.25) is 5.91 Å². The Morgan fingerprint density at radius 2 is 2.13 bits per heavy atom. The molecular weight excluding hydrogens is 409 g/mol. The molecule has 1 aliphatic heterocycles. The summed E-state index contributed by atoms with van der Waals surface area (Å²) < 4.78 is 21.5. The molecule has 1 amide bonds. The summed E-state index contributed by atoms with van der Waals surface area (Å²) in [6.45, 7) is 0.301. The first kappa shape index (κ1) is 18.6. The number of rotatable bonds is 5. The van der Waals surface area contributed by atoms with E-state index in [0.717, 1.165) is 0 Å². The summed E-state index contributed by atoms with van der Waals surface area (Å²) in [6, 6.07) is 9.06. The zero-order valence-corrected chi connectivity index (χ0v) is 16.4. The molecule has 1 aromatic carbocycles. The van der Waals surface area contributed by atoms with Gasteiger partial charge in [-0.2, -0.15) is 5.10 Å². The molecule has 1 aliphatic rings. The van der Waals surface area contributed by atoms with Gasteiger partial charge in [-0.15, -0.1) is 0 Å². The lowest BCUT2D eigenvalue weighted by atomic mass is 10.2. The summed E-state index contributed by atoms with van der Waals surface area (Å²) in [7, 11) is 0. The summed E-state index contributed by atoms with van der Waals surface area (Å²) in [5.74, 6) is 0.720. The van der Waals surface area contributed by atoms with Crippen molar-refractivity contribution in [2.75, 3.05) is 5.75 Å². The molecule has 152 valence electrons. The van der Waals surface area contributed by atoms with E-state index in [9.17, 15) is 14.0 Å². The van der Waals surface area contributed by atoms with Crippen molar-refractivity contribution in [3.8, 4) is 5.69 Å². The number of benzene rings is 1. The number of hydrogen-bond acceptors (Lipinski definition) is 6. The number of nitrogens with one attached hydrogen (secondary N) is 1. The van der Waals surface area contributed by atoms with Crippen molar-refractivity contribution in [3.63, 3.8) is 0 Å². The van der Waals surface area contributed by atoms with E-state index in [0.29, 0.717) is 39.9 Å². The molecule has 0 radical (unpaired) electrons. The van der Waals surface area contributed by atoms with Crippen molar-refractivity contribution in [2.24, 2.45) is 0 Å². The maximum atomic E-state index is 13.2. The number of aromatic nitrogens is 4. The minimum absolute atomic E-state index is 0.167. The van der Waals surface area contributed by atoms with Crippen LogP contribution in [0.2, 0.25) is 0 Å². The molecular formula is C20H16FN5O3S. The molecule has 0 spiro atoms. The number of nitrogens with zero attached hydrogens (tertiary/aromatic N) is 4. The topological polar surface area (TPSA) is 95.0 Å². The average Bonchev–Trinajstić information content (AvgIpc) is 3.48. The van der Waals surface area contributed by atoms with E-state index in [4.69, 9.17) is 4.42 Å². The summed E-state index contributed by atoms with van der Waals surface area (Å²) >= 11 is 1.42. The van der Waals surface area contributed by atoms with Crippen molar-refractivity contribution < 1.29 is 13.6 Å². The Morgan fingerprint density at radius 3 is 2.90 bits per heavy atom. The highest BCUT2D eigenvalue weighted by atomic mass is 32.2. The smallest absolute Gasteiger partial charge is 0.265 e. The van der Waals surface area contributed by atoms with Crippen LogP contribution in [0.5, 0.6) is 0 Å². The highest BCUT2D eigenvalue weighted by Crippen LogP contribution is 2.33. The molecule has 0 saturated carbocycles. The number of amides is 1. The van der Waals surface area contributed by atoms with Crippen LogP contribution in [0.4, 0.5) is 4.39 Å². The lowest BCUT2D eigenvalue weighted by Crippen LogP contribution is -2.30. The normalized spacial score (nSPS) is 15.4. The van der Waals surface area contributed by atoms with E-state index >= 15 is 0 Å².